The summed E-state index contributed by atoms with van der Waals surface area (Å²) in [5.74, 6) is 0.694. The molecule has 0 bridgehead atoms. The van der Waals surface area contributed by atoms with E-state index in [1.165, 1.54) is 5.56 Å². The van der Waals surface area contributed by atoms with Crippen molar-refractivity contribution < 1.29 is 9.53 Å². The van der Waals surface area contributed by atoms with Crippen LogP contribution in [0.2, 0.25) is 0 Å². The lowest BCUT2D eigenvalue weighted by atomic mass is 10.1. The van der Waals surface area contributed by atoms with E-state index in [9.17, 15) is 4.79 Å². The van der Waals surface area contributed by atoms with Gasteiger partial charge in [0.25, 0.3) is 5.91 Å². The first-order chi connectivity index (χ1) is 10.6. The summed E-state index contributed by atoms with van der Waals surface area (Å²) in [6.07, 6.45) is 0.901. The van der Waals surface area contributed by atoms with Crippen LogP contribution in [-0.2, 0) is 6.42 Å². The fourth-order valence-electron chi connectivity index (χ4n) is 2.82. The highest BCUT2D eigenvalue weighted by Crippen LogP contribution is 2.33. The minimum atomic E-state index is 0.00755. The van der Waals surface area contributed by atoms with Gasteiger partial charge in [-0.2, -0.15) is 0 Å². The quantitative estimate of drug-likeness (QED) is 0.816. The molecule has 0 fully saturated rings. The molecule has 0 saturated carbocycles. The van der Waals surface area contributed by atoms with Crippen LogP contribution in [0.15, 0.2) is 42.5 Å². The van der Waals surface area contributed by atoms with Crippen LogP contribution in [-0.4, -0.2) is 26.6 Å². The maximum absolute atomic E-state index is 13.0. The molecular weight excluding hydrogens is 295 g/mol. The number of carbonyl (C=O) groups is 1. The zero-order chi connectivity index (χ0) is 15.7. The van der Waals surface area contributed by atoms with Crippen molar-refractivity contribution >= 4 is 26.7 Å². The van der Waals surface area contributed by atoms with Gasteiger partial charge in [0, 0.05) is 19.3 Å². The van der Waals surface area contributed by atoms with Gasteiger partial charge in [-0.1, -0.05) is 18.2 Å². The van der Waals surface area contributed by atoms with Crippen LogP contribution >= 0.6 is 9.39 Å². The second-order valence-corrected chi connectivity index (χ2v) is 6.10. The molecule has 0 aromatic heterocycles. The van der Waals surface area contributed by atoms with Crippen molar-refractivity contribution in [2.24, 2.45) is 0 Å². The topological polar surface area (TPSA) is 32.8 Å². The first-order valence-corrected chi connectivity index (χ1v) is 7.69. The summed E-state index contributed by atoms with van der Waals surface area (Å²) in [5, 5.41) is 0. The lowest BCUT2D eigenvalue weighted by Gasteiger charge is -2.22. The summed E-state index contributed by atoms with van der Waals surface area (Å²) in [6, 6.07) is 13.6. The van der Waals surface area contributed by atoms with Gasteiger partial charge < -0.3 is 14.3 Å². The molecule has 2 aromatic carbocycles. The maximum Gasteiger partial charge on any atom is 0.260 e. The van der Waals surface area contributed by atoms with E-state index in [1.807, 2.05) is 46.9 Å². The predicted octanol–water partition coefficient (Wildman–Crippen LogP) is 3.12. The Morgan fingerprint density at radius 2 is 2.05 bits per heavy atom. The van der Waals surface area contributed by atoms with Crippen LogP contribution in [0.25, 0.3) is 0 Å². The Morgan fingerprint density at radius 1 is 1.27 bits per heavy atom. The summed E-state index contributed by atoms with van der Waals surface area (Å²) in [7, 11) is 6.11. The van der Waals surface area contributed by atoms with Crippen molar-refractivity contribution in [2.75, 3.05) is 30.3 Å². The van der Waals surface area contributed by atoms with E-state index >= 15 is 0 Å². The average molecular weight is 314 g/mol. The molecule has 2 aromatic rings. The van der Waals surface area contributed by atoms with E-state index in [-0.39, 0.29) is 5.91 Å². The molecular formula is C17H19N2O2P. The largest absolute Gasteiger partial charge is 0.497 e. The molecule has 3 rings (SSSR count). The van der Waals surface area contributed by atoms with Crippen LogP contribution in [0, 0.1) is 0 Å². The van der Waals surface area contributed by atoms with Crippen molar-refractivity contribution in [1.82, 2.24) is 0 Å². The molecule has 0 saturated heterocycles. The summed E-state index contributed by atoms with van der Waals surface area (Å²) in [5.41, 5.74) is 3.74. The molecule has 22 heavy (non-hydrogen) atoms. The Bertz CT molecular complexity index is 716. The van der Waals surface area contributed by atoms with Gasteiger partial charge in [0.2, 0.25) is 0 Å². The number of amides is 1. The van der Waals surface area contributed by atoms with Gasteiger partial charge in [-0.25, -0.2) is 0 Å². The van der Waals surface area contributed by atoms with Gasteiger partial charge in [-0.15, -0.1) is 0 Å². The second kappa shape index (κ2) is 5.98. The average Bonchev–Trinajstić information content (AvgIpc) is 2.97. The summed E-state index contributed by atoms with van der Waals surface area (Å²) < 4.78 is 7.15. The normalized spacial score (nSPS) is 13.0. The number of para-hydroxylation sites is 1. The number of benzene rings is 2. The fourth-order valence-corrected chi connectivity index (χ4v) is 3.04. The van der Waals surface area contributed by atoms with Gasteiger partial charge in [0.05, 0.1) is 18.4 Å². The number of fused-ring (bicyclic) bond motifs is 1. The third-order valence-corrected chi connectivity index (χ3v) is 4.22. The van der Waals surface area contributed by atoms with E-state index in [2.05, 4.69) is 15.5 Å². The van der Waals surface area contributed by atoms with Gasteiger partial charge in [-0.3, -0.25) is 4.79 Å². The monoisotopic (exact) mass is 314 g/mol. The lowest BCUT2D eigenvalue weighted by molar-refractivity contribution is 0.0989. The summed E-state index contributed by atoms with van der Waals surface area (Å²) in [6.45, 7) is 0.718. The highest BCUT2D eigenvalue weighted by Gasteiger charge is 2.27. The molecule has 1 aliphatic rings. The number of rotatable bonds is 3. The molecule has 1 unspecified atom stereocenters. The second-order valence-electron chi connectivity index (χ2n) is 5.33. The molecule has 0 aliphatic carbocycles. The Balaban J connectivity index is 2.02. The van der Waals surface area contributed by atoms with E-state index in [4.69, 9.17) is 4.74 Å². The molecule has 0 spiro atoms. The molecule has 1 atom stereocenters. The minimum Gasteiger partial charge on any atom is -0.497 e. The summed E-state index contributed by atoms with van der Waals surface area (Å²) >= 11 is 0. The molecule has 5 heteroatoms. The Kier molecular flexibility index (Phi) is 4.04. The standard InChI is InChI=1S/C17H19N2O2P/c1-18(22)16-8-7-13(21-2)11-14(16)17(20)19-10-9-12-5-3-4-6-15(12)19/h3-8,11H,9-10,22H2,1-2H3. The molecule has 1 amide bonds. The first kappa shape index (κ1) is 14.9. The van der Waals surface area contributed by atoms with Gasteiger partial charge in [-0.05, 0) is 45.6 Å². The number of ether oxygens (including phenoxy) is 1. The Labute approximate surface area is 132 Å². The fraction of sp³-hybridized carbons (Fsp3) is 0.235. The van der Waals surface area contributed by atoms with E-state index in [1.54, 1.807) is 13.2 Å². The van der Waals surface area contributed by atoms with Crippen molar-refractivity contribution in [3.8, 4) is 5.75 Å². The van der Waals surface area contributed by atoms with Crippen molar-refractivity contribution in [3.63, 3.8) is 0 Å². The van der Waals surface area contributed by atoms with Crippen molar-refractivity contribution in [2.45, 2.75) is 6.42 Å². The molecule has 4 nitrogen and oxygen atoms in total. The molecule has 1 aliphatic heterocycles. The van der Waals surface area contributed by atoms with E-state index in [0.29, 0.717) is 11.3 Å². The predicted molar refractivity (Wildman–Crippen MR) is 92.9 cm³/mol. The number of methoxy groups -OCH3 is 1. The first-order valence-electron chi connectivity index (χ1n) is 7.18. The number of nitrogens with zero attached hydrogens (tertiary/aromatic N) is 2. The number of carbonyl (C=O) groups excluding carboxylic acids is 1. The van der Waals surface area contributed by atoms with E-state index < -0.39 is 0 Å². The van der Waals surface area contributed by atoms with Crippen molar-refractivity contribution in [1.29, 1.82) is 0 Å². The highest BCUT2D eigenvalue weighted by atomic mass is 31.0. The number of hydrogen-bond acceptors (Lipinski definition) is 3. The SMILES string of the molecule is COc1ccc(N(C)P)c(C(=O)N2CCc3ccccc32)c1. The van der Waals surface area contributed by atoms with Crippen molar-refractivity contribution in [3.05, 3.63) is 53.6 Å². The van der Waals surface area contributed by atoms with Gasteiger partial charge in [0.15, 0.2) is 0 Å². The third-order valence-electron chi connectivity index (χ3n) is 3.95. The molecule has 0 N–H and O–H groups in total. The third kappa shape index (κ3) is 2.55. The minimum absolute atomic E-state index is 0.00755. The van der Waals surface area contributed by atoms with Crippen LogP contribution in [0.1, 0.15) is 15.9 Å². The number of hydrogen-bond donors (Lipinski definition) is 0. The molecule has 114 valence electrons. The molecule has 0 radical (unpaired) electrons. The van der Waals surface area contributed by atoms with Crippen LogP contribution < -0.4 is 14.3 Å². The van der Waals surface area contributed by atoms with Crippen LogP contribution in [0.3, 0.4) is 0 Å². The smallest absolute Gasteiger partial charge is 0.260 e. The van der Waals surface area contributed by atoms with Crippen LogP contribution in [0.4, 0.5) is 11.4 Å². The van der Waals surface area contributed by atoms with E-state index in [0.717, 1.165) is 24.3 Å². The Morgan fingerprint density at radius 3 is 2.77 bits per heavy atom. The zero-order valence-corrected chi connectivity index (χ0v) is 13.9. The van der Waals surface area contributed by atoms with Crippen LogP contribution in [0.5, 0.6) is 5.75 Å². The lowest BCUT2D eigenvalue weighted by Crippen LogP contribution is -2.29. The van der Waals surface area contributed by atoms with Gasteiger partial charge >= 0.3 is 0 Å². The number of anilines is 2. The molecule has 1 heterocycles. The zero-order valence-electron chi connectivity index (χ0n) is 12.7. The summed E-state index contributed by atoms with van der Waals surface area (Å²) in [4.78, 5) is 14.9. The highest BCUT2D eigenvalue weighted by molar-refractivity contribution is 7.19. The maximum atomic E-state index is 13.0. The van der Waals surface area contributed by atoms with Gasteiger partial charge in [0.1, 0.15) is 5.75 Å². The Hall–Kier alpha value is -2.06.